The Kier molecular flexibility index (Phi) is 5.82. The first-order chi connectivity index (χ1) is 12.9. The Morgan fingerprint density at radius 3 is 2.44 bits per heavy atom. The molecule has 1 N–H and O–H groups in total. The van der Waals surface area contributed by atoms with Crippen molar-refractivity contribution >= 4 is 23.4 Å². The van der Waals surface area contributed by atoms with Gasteiger partial charge in [-0.25, -0.2) is 0 Å². The predicted molar refractivity (Wildman–Crippen MR) is 104 cm³/mol. The Bertz CT molecular complexity index is 714. The van der Waals surface area contributed by atoms with Gasteiger partial charge < -0.3 is 15.1 Å². The summed E-state index contributed by atoms with van der Waals surface area (Å²) in [5, 5.41) is 2.88. The molecule has 6 nitrogen and oxygen atoms in total. The third-order valence-corrected chi connectivity index (χ3v) is 5.62. The van der Waals surface area contributed by atoms with Crippen LogP contribution < -0.4 is 5.32 Å². The van der Waals surface area contributed by atoms with E-state index < -0.39 is 0 Å². The molecule has 2 aliphatic heterocycles. The second-order valence-corrected chi connectivity index (χ2v) is 7.95. The summed E-state index contributed by atoms with van der Waals surface area (Å²) in [6.45, 7) is 7.27. The summed E-state index contributed by atoms with van der Waals surface area (Å²) >= 11 is 0. The zero-order chi connectivity index (χ0) is 19.6. The van der Waals surface area contributed by atoms with Crippen molar-refractivity contribution in [2.75, 3.05) is 18.4 Å². The number of rotatable bonds is 4. The van der Waals surface area contributed by atoms with Crippen molar-refractivity contribution < 1.29 is 14.4 Å². The van der Waals surface area contributed by atoms with Gasteiger partial charge in [-0.1, -0.05) is 0 Å². The van der Waals surface area contributed by atoms with Gasteiger partial charge in [-0.2, -0.15) is 0 Å². The summed E-state index contributed by atoms with van der Waals surface area (Å²) < 4.78 is 0. The standard InChI is InChI=1S/C21H29N3O3/c1-14(2)24-13-17(12-19(24)25)20(26)22-18-9-7-16(8-10-18)21(27)23-11-5-4-6-15(23)3/h7-10,14-15,17H,4-6,11-13H2,1-3H3,(H,22,26). The summed E-state index contributed by atoms with van der Waals surface area (Å²) in [6, 6.07) is 7.43. The van der Waals surface area contributed by atoms with Crippen LogP contribution in [0.2, 0.25) is 0 Å². The van der Waals surface area contributed by atoms with Crippen molar-refractivity contribution in [1.29, 1.82) is 0 Å². The maximum atomic E-state index is 12.7. The number of amides is 3. The molecule has 1 aromatic rings. The molecular formula is C21H29N3O3. The SMILES string of the molecule is CC(C)N1CC(C(=O)Nc2ccc(C(=O)N3CCCCC3C)cc2)CC1=O. The number of hydrogen-bond donors (Lipinski definition) is 1. The smallest absolute Gasteiger partial charge is 0.254 e. The van der Waals surface area contributed by atoms with Gasteiger partial charge in [-0.15, -0.1) is 0 Å². The molecule has 2 atom stereocenters. The van der Waals surface area contributed by atoms with Crippen molar-refractivity contribution in [3.05, 3.63) is 29.8 Å². The minimum absolute atomic E-state index is 0.0294. The van der Waals surface area contributed by atoms with Gasteiger partial charge in [0, 0.05) is 42.8 Å². The second-order valence-electron chi connectivity index (χ2n) is 7.95. The van der Waals surface area contributed by atoms with Crippen molar-refractivity contribution in [2.45, 2.75) is 58.5 Å². The molecule has 0 aromatic heterocycles. The largest absolute Gasteiger partial charge is 0.339 e. The topological polar surface area (TPSA) is 69.7 Å². The van der Waals surface area contributed by atoms with Gasteiger partial charge in [0.05, 0.1) is 5.92 Å². The van der Waals surface area contributed by atoms with Crippen LogP contribution in [0.15, 0.2) is 24.3 Å². The minimum atomic E-state index is -0.324. The van der Waals surface area contributed by atoms with Crippen molar-refractivity contribution in [2.24, 2.45) is 5.92 Å². The number of hydrogen-bond acceptors (Lipinski definition) is 3. The maximum absolute atomic E-state index is 12.7. The van der Waals surface area contributed by atoms with Crippen molar-refractivity contribution in [3.8, 4) is 0 Å². The van der Waals surface area contributed by atoms with E-state index in [1.807, 2.05) is 18.7 Å². The van der Waals surface area contributed by atoms with Gasteiger partial charge in [-0.3, -0.25) is 14.4 Å². The summed E-state index contributed by atoms with van der Waals surface area (Å²) in [5.74, 6) is -0.388. The molecule has 2 unspecified atom stereocenters. The van der Waals surface area contributed by atoms with Gasteiger partial charge in [0.25, 0.3) is 5.91 Å². The number of nitrogens with zero attached hydrogens (tertiary/aromatic N) is 2. The third-order valence-electron chi connectivity index (χ3n) is 5.62. The number of piperidine rings is 1. The molecule has 27 heavy (non-hydrogen) atoms. The Morgan fingerprint density at radius 2 is 1.85 bits per heavy atom. The van der Waals surface area contributed by atoms with Crippen LogP contribution in [0.25, 0.3) is 0 Å². The van der Waals surface area contributed by atoms with Crippen LogP contribution in [0.5, 0.6) is 0 Å². The monoisotopic (exact) mass is 371 g/mol. The van der Waals surface area contributed by atoms with Crippen LogP contribution in [0.3, 0.4) is 0 Å². The summed E-state index contributed by atoms with van der Waals surface area (Å²) in [4.78, 5) is 40.8. The molecule has 0 radical (unpaired) electrons. The Hall–Kier alpha value is -2.37. The highest BCUT2D eigenvalue weighted by Gasteiger charge is 2.35. The van der Waals surface area contributed by atoms with E-state index in [-0.39, 0.29) is 42.1 Å². The van der Waals surface area contributed by atoms with Crippen LogP contribution in [0.4, 0.5) is 5.69 Å². The van der Waals surface area contributed by atoms with E-state index in [0.29, 0.717) is 17.8 Å². The Morgan fingerprint density at radius 1 is 1.15 bits per heavy atom. The normalized spacial score (nSPS) is 23.0. The molecule has 2 aliphatic rings. The quantitative estimate of drug-likeness (QED) is 0.885. The number of likely N-dealkylation sites (tertiary alicyclic amines) is 2. The molecule has 146 valence electrons. The van der Waals surface area contributed by atoms with Crippen molar-refractivity contribution in [1.82, 2.24) is 9.80 Å². The first-order valence-corrected chi connectivity index (χ1v) is 9.88. The van der Waals surface area contributed by atoms with E-state index in [4.69, 9.17) is 0 Å². The number of nitrogens with one attached hydrogen (secondary N) is 1. The van der Waals surface area contributed by atoms with Crippen LogP contribution >= 0.6 is 0 Å². The average molecular weight is 371 g/mol. The molecule has 0 aliphatic carbocycles. The molecular weight excluding hydrogens is 342 g/mol. The van der Waals surface area contributed by atoms with Gasteiger partial charge >= 0.3 is 0 Å². The van der Waals surface area contributed by atoms with E-state index in [0.717, 1.165) is 19.4 Å². The molecule has 0 bridgehead atoms. The fourth-order valence-electron chi connectivity index (χ4n) is 3.91. The highest BCUT2D eigenvalue weighted by Crippen LogP contribution is 2.23. The first kappa shape index (κ1) is 19.4. The lowest BCUT2D eigenvalue weighted by atomic mass is 10.0. The second kappa shape index (κ2) is 8.11. The number of carbonyl (C=O) groups is 3. The summed E-state index contributed by atoms with van der Waals surface area (Å²) in [6.07, 6.45) is 3.53. The third kappa shape index (κ3) is 4.31. The molecule has 3 amide bonds. The van der Waals surface area contributed by atoms with E-state index in [1.54, 1.807) is 29.2 Å². The number of anilines is 1. The lowest BCUT2D eigenvalue weighted by Gasteiger charge is -2.33. The fourth-order valence-corrected chi connectivity index (χ4v) is 3.91. The van der Waals surface area contributed by atoms with Gasteiger partial charge in [0.15, 0.2) is 0 Å². The lowest BCUT2D eigenvalue weighted by molar-refractivity contribution is -0.129. The fraction of sp³-hybridized carbons (Fsp3) is 0.571. The summed E-state index contributed by atoms with van der Waals surface area (Å²) in [7, 11) is 0. The molecule has 3 rings (SSSR count). The lowest BCUT2D eigenvalue weighted by Crippen LogP contribution is -2.42. The first-order valence-electron chi connectivity index (χ1n) is 9.88. The molecule has 2 saturated heterocycles. The van der Waals surface area contributed by atoms with Crippen LogP contribution in [0.1, 0.15) is 56.8 Å². The van der Waals surface area contributed by atoms with E-state index in [2.05, 4.69) is 12.2 Å². The van der Waals surface area contributed by atoms with Crippen LogP contribution in [-0.2, 0) is 9.59 Å². The van der Waals surface area contributed by atoms with E-state index in [1.165, 1.54) is 6.42 Å². The molecule has 0 spiro atoms. The number of benzene rings is 1. The molecule has 6 heteroatoms. The minimum Gasteiger partial charge on any atom is -0.339 e. The van der Waals surface area contributed by atoms with Crippen LogP contribution in [-0.4, -0.2) is 52.7 Å². The zero-order valence-corrected chi connectivity index (χ0v) is 16.4. The maximum Gasteiger partial charge on any atom is 0.254 e. The van der Waals surface area contributed by atoms with E-state index >= 15 is 0 Å². The zero-order valence-electron chi connectivity index (χ0n) is 16.4. The highest BCUT2D eigenvalue weighted by molar-refractivity contribution is 5.98. The predicted octanol–water partition coefficient (Wildman–Crippen LogP) is 2.90. The van der Waals surface area contributed by atoms with Gasteiger partial charge in [-0.05, 0) is 64.3 Å². The van der Waals surface area contributed by atoms with Gasteiger partial charge in [0.1, 0.15) is 0 Å². The molecule has 1 aromatic carbocycles. The summed E-state index contributed by atoms with van der Waals surface area (Å²) in [5.41, 5.74) is 1.29. The van der Waals surface area contributed by atoms with E-state index in [9.17, 15) is 14.4 Å². The average Bonchev–Trinajstić information content (AvgIpc) is 3.04. The highest BCUT2D eigenvalue weighted by atomic mass is 16.2. The Labute approximate surface area is 160 Å². The molecule has 2 heterocycles. The van der Waals surface area contributed by atoms with Crippen LogP contribution in [0, 0.1) is 5.92 Å². The van der Waals surface area contributed by atoms with Gasteiger partial charge in [0.2, 0.25) is 11.8 Å². The number of carbonyl (C=O) groups excluding carboxylic acids is 3. The molecule has 0 saturated carbocycles. The Balaban J connectivity index is 1.60. The van der Waals surface area contributed by atoms with Crippen molar-refractivity contribution in [3.63, 3.8) is 0 Å². The molecule has 2 fully saturated rings.